The number of hydrogen-bond donors (Lipinski definition) is 1. The fraction of sp³-hybridized carbons (Fsp3) is 0.333. The van der Waals surface area contributed by atoms with Gasteiger partial charge in [-0.3, -0.25) is 19.5 Å². The highest BCUT2D eigenvalue weighted by Gasteiger charge is 2.59. The topological polar surface area (TPSA) is 101 Å². The molecule has 30 heavy (non-hydrogen) atoms. The van der Waals surface area contributed by atoms with E-state index in [9.17, 15) is 9.59 Å². The summed E-state index contributed by atoms with van der Waals surface area (Å²) < 4.78 is 0. The maximum Gasteiger partial charge on any atom is 0.282 e. The Morgan fingerprint density at radius 1 is 1.17 bits per heavy atom. The van der Waals surface area contributed by atoms with E-state index in [-0.39, 0.29) is 34.6 Å². The Labute approximate surface area is 177 Å². The third-order valence-electron chi connectivity index (χ3n) is 5.91. The minimum absolute atomic E-state index is 0.00133. The molecule has 0 spiro atoms. The van der Waals surface area contributed by atoms with Crippen LogP contribution in [0.4, 0.5) is 5.82 Å². The van der Waals surface area contributed by atoms with Gasteiger partial charge in [0, 0.05) is 37.7 Å². The van der Waals surface area contributed by atoms with E-state index in [1.807, 2.05) is 30.3 Å². The molecule has 0 radical (unpaired) electrons. The Kier molecular flexibility index (Phi) is 4.54. The molecule has 5 rings (SSSR count). The molecule has 2 aliphatic rings. The second-order valence-corrected chi connectivity index (χ2v) is 8.80. The van der Waals surface area contributed by atoms with E-state index in [1.54, 1.807) is 19.4 Å². The van der Waals surface area contributed by atoms with Crippen molar-refractivity contribution in [2.75, 3.05) is 11.9 Å². The lowest BCUT2D eigenvalue weighted by atomic mass is 10.1. The zero-order chi connectivity index (χ0) is 20.8. The summed E-state index contributed by atoms with van der Waals surface area (Å²) in [7, 11) is 1.67. The van der Waals surface area contributed by atoms with Crippen LogP contribution >= 0.6 is 11.3 Å². The van der Waals surface area contributed by atoms with Gasteiger partial charge in [-0.2, -0.15) is 0 Å². The summed E-state index contributed by atoms with van der Waals surface area (Å²) in [5.74, 6) is 0.361. The molecule has 1 fully saturated rings. The van der Waals surface area contributed by atoms with Crippen molar-refractivity contribution in [1.82, 2.24) is 25.5 Å². The number of carbonyl (C=O) groups excluding carboxylic acids is 2. The number of carbonyl (C=O) groups is 2. The lowest BCUT2D eigenvalue weighted by Crippen LogP contribution is -2.49. The highest BCUT2D eigenvalue weighted by molar-refractivity contribution is 7.13. The van der Waals surface area contributed by atoms with Gasteiger partial charge in [-0.05, 0) is 11.5 Å². The molecule has 1 aliphatic heterocycles. The van der Waals surface area contributed by atoms with Crippen molar-refractivity contribution >= 4 is 29.0 Å². The van der Waals surface area contributed by atoms with Crippen LogP contribution in [-0.4, -0.2) is 45.1 Å². The lowest BCUT2D eigenvalue weighted by Gasteiger charge is -2.22. The molecule has 0 bridgehead atoms. The second-order valence-electron chi connectivity index (χ2n) is 7.74. The number of benzene rings is 1. The highest BCUT2D eigenvalue weighted by Crippen LogP contribution is 2.58. The first-order valence-corrected chi connectivity index (χ1v) is 10.6. The summed E-state index contributed by atoms with van der Waals surface area (Å²) in [6.45, 7) is 2.08. The SMILES string of the molecule is CC1C2c3nccnc3N(C)C(=O)[C@@H](NC(=O)c3nnc(Cc4ccccc4)s3)C12. The Bertz CT molecular complexity index is 1120. The van der Waals surface area contributed by atoms with Crippen LogP contribution in [-0.2, 0) is 11.2 Å². The number of nitrogens with one attached hydrogen (secondary N) is 1. The van der Waals surface area contributed by atoms with E-state index in [0.29, 0.717) is 12.2 Å². The minimum Gasteiger partial charge on any atom is -0.338 e. The molecule has 3 heterocycles. The lowest BCUT2D eigenvalue weighted by molar-refractivity contribution is -0.120. The number of amides is 2. The van der Waals surface area contributed by atoms with Gasteiger partial charge in [0.2, 0.25) is 5.01 Å². The van der Waals surface area contributed by atoms with Gasteiger partial charge < -0.3 is 5.32 Å². The predicted molar refractivity (Wildman–Crippen MR) is 111 cm³/mol. The van der Waals surface area contributed by atoms with Crippen molar-refractivity contribution in [3.8, 4) is 0 Å². The monoisotopic (exact) mass is 420 g/mol. The van der Waals surface area contributed by atoms with Crippen molar-refractivity contribution in [3.63, 3.8) is 0 Å². The second kappa shape index (κ2) is 7.24. The molecule has 1 N–H and O–H groups in total. The van der Waals surface area contributed by atoms with Crippen LogP contribution < -0.4 is 10.2 Å². The van der Waals surface area contributed by atoms with E-state index in [0.717, 1.165) is 16.3 Å². The molecule has 2 aromatic heterocycles. The normalized spacial score (nSPS) is 24.6. The Hall–Kier alpha value is -3.20. The number of likely N-dealkylation sites (N-methyl/N-ethyl adjacent to an activating group) is 1. The number of rotatable bonds is 4. The summed E-state index contributed by atoms with van der Waals surface area (Å²) in [6, 6.07) is 9.27. The standard InChI is InChI=1S/C21H20N6O2S/c1-11-14-15(11)17(21(29)27(2)18-16(14)22-8-9-23-18)24-19(28)20-26-25-13(30-20)10-12-6-4-3-5-7-12/h3-9,11,14-15,17H,10H2,1-2H3,(H,24,28)/t11?,14?,15?,17-/m0/s1. The smallest absolute Gasteiger partial charge is 0.282 e. The minimum atomic E-state index is -0.639. The fourth-order valence-electron chi connectivity index (χ4n) is 4.30. The first-order chi connectivity index (χ1) is 14.5. The molecule has 152 valence electrons. The molecule has 9 heteroatoms. The predicted octanol–water partition coefficient (Wildman–Crippen LogP) is 2.04. The van der Waals surface area contributed by atoms with Gasteiger partial charge in [0.25, 0.3) is 11.8 Å². The van der Waals surface area contributed by atoms with Gasteiger partial charge in [0.15, 0.2) is 5.82 Å². The first kappa shape index (κ1) is 18.8. The number of aromatic nitrogens is 4. The largest absolute Gasteiger partial charge is 0.338 e. The van der Waals surface area contributed by atoms with Crippen molar-refractivity contribution in [3.05, 3.63) is 64.0 Å². The van der Waals surface area contributed by atoms with E-state index in [1.165, 1.54) is 16.2 Å². The summed E-state index contributed by atoms with van der Waals surface area (Å²) in [4.78, 5) is 36.3. The van der Waals surface area contributed by atoms with Gasteiger partial charge in [-0.25, -0.2) is 4.98 Å². The molecule has 8 nitrogen and oxygen atoms in total. The molecule has 3 aromatic rings. The summed E-state index contributed by atoms with van der Waals surface area (Å²) >= 11 is 1.25. The quantitative estimate of drug-likeness (QED) is 0.693. The molecular weight excluding hydrogens is 400 g/mol. The van der Waals surface area contributed by atoms with Crippen LogP contribution in [0.3, 0.4) is 0 Å². The summed E-state index contributed by atoms with van der Waals surface area (Å²) in [5.41, 5.74) is 1.93. The van der Waals surface area contributed by atoms with Crippen LogP contribution in [0.25, 0.3) is 0 Å². The third-order valence-corrected chi connectivity index (χ3v) is 6.84. The van der Waals surface area contributed by atoms with Crippen LogP contribution in [0.15, 0.2) is 42.7 Å². The van der Waals surface area contributed by atoms with Gasteiger partial charge in [-0.1, -0.05) is 48.6 Å². The van der Waals surface area contributed by atoms with Crippen molar-refractivity contribution in [2.45, 2.75) is 25.3 Å². The fourth-order valence-corrected chi connectivity index (χ4v) is 5.07. The Balaban J connectivity index is 1.35. The molecule has 3 unspecified atom stereocenters. The molecular formula is C21H20N6O2S. The van der Waals surface area contributed by atoms with Crippen LogP contribution in [0.1, 0.15) is 38.9 Å². The highest BCUT2D eigenvalue weighted by atomic mass is 32.1. The maximum absolute atomic E-state index is 13.1. The zero-order valence-corrected chi connectivity index (χ0v) is 17.3. The van der Waals surface area contributed by atoms with E-state index in [2.05, 4.69) is 32.4 Å². The van der Waals surface area contributed by atoms with Crippen LogP contribution in [0.5, 0.6) is 0 Å². The van der Waals surface area contributed by atoms with E-state index in [4.69, 9.17) is 0 Å². The molecule has 1 saturated carbocycles. The van der Waals surface area contributed by atoms with Crippen LogP contribution in [0.2, 0.25) is 0 Å². The first-order valence-electron chi connectivity index (χ1n) is 9.80. The average molecular weight is 420 g/mol. The van der Waals surface area contributed by atoms with Crippen molar-refractivity contribution < 1.29 is 9.59 Å². The summed E-state index contributed by atoms with van der Waals surface area (Å²) in [5, 5.41) is 12.1. The number of nitrogens with zero attached hydrogens (tertiary/aromatic N) is 5. The molecule has 4 atom stereocenters. The molecule has 1 aromatic carbocycles. The van der Waals surface area contributed by atoms with E-state index >= 15 is 0 Å². The van der Waals surface area contributed by atoms with E-state index < -0.39 is 6.04 Å². The number of hydrogen-bond acceptors (Lipinski definition) is 7. The molecule has 1 aliphatic carbocycles. The van der Waals surface area contributed by atoms with Crippen molar-refractivity contribution in [2.24, 2.45) is 11.8 Å². The van der Waals surface area contributed by atoms with Gasteiger partial charge in [0.05, 0.1) is 5.69 Å². The maximum atomic E-state index is 13.1. The number of anilines is 1. The van der Waals surface area contributed by atoms with Crippen molar-refractivity contribution in [1.29, 1.82) is 0 Å². The Morgan fingerprint density at radius 2 is 1.93 bits per heavy atom. The molecule has 2 amide bonds. The van der Waals surface area contributed by atoms with Crippen LogP contribution in [0, 0.1) is 11.8 Å². The van der Waals surface area contributed by atoms with Gasteiger partial charge in [-0.15, -0.1) is 10.2 Å². The Morgan fingerprint density at radius 3 is 2.73 bits per heavy atom. The van der Waals surface area contributed by atoms with Gasteiger partial charge >= 0.3 is 0 Å². The third kappa shape index (κ3) is 3.15. The van der Waals surface area contributed by atoms with Gasteiger partial charge in [0.1, 0.15) is 11.0 Å². The molecule has 0 saturated heterocycles. The average Bonchev–Trinajstić information content (AvgIpc) is 3.21. The zero-order valence-electron chi connectivity index (χ0n) is 16.5. The summed E-state index contributed by atoms with van der Waals surface area (Å²) in [6.07, 6.45) is 3.85. The number of fused-ring (bicyclic) bond motifs is 3.